The van der Waals surface area contributed by atoms with E-state index >= 15 is 0 Å². The van der Waals surface area contributed by atoms with Crippen molar-refractivity contribution in [2.75, 3.05) is 20.2 Å². The predicted molar refractivity (Wildman–Crippen MR) is 92.8 cm³/mol. The van der Waals surface area contributed by atoms with Crippen LogP contribution in [0.4, 0.5) is 4.39 Å². The van der Waals surface area contributed by atoms with Crippen molar-refractivity contribution in [1.29, 1.82) is 0 Å². The summed E-state index contributed by atoms with van der Waals surface area (Å²) >= 11 is 0. The van der Waals surface area contributed by atoms with E-state index in [1.165, 1.54) is 12.1 Å². The summed E-state index contributed by atoms with van der Waals surface area (Å²) in [5.74, 6) is -0.848. The molecule has 1 saturated heterocycles. The molecular weight excluding hydrogens is 337 g/mol. The van der Waals surface area contributed by atoms with E-state index < -0.39 is 5.82 Å². The number of aromatic nitrogens is 1. The third-order valence-electron chi connectivity index (χ3n) is 4.50. The van der Waals surface area contributed by atoms with E-state index in [0.717, 1.165) is 5.56 Å². The van der Waals surface area contributed by atoms with Crippen LogP contribution in [0.15, 0.2) is 48.8 Å². The van der Waals surface area contributed by atoms with E-state index in [1.54, 1.807) is 36.5 Å². The molecule has 26 heavy (non-hydrogen) atoms. The molecule has 2 amide bonds. The van der Waals surface area contributed by atoms with E-state index in [2.05, 4.69) is 10.3 Å². The summed E-state index contributed by atoms with van der Waals surface area (Å²) in [6.07, 6.45) is 3.73. The Labute approximate surface area is 151 Å². The number of rotatable bonds is 6. The maximum absolute atomic E-state index is 13.5. The summed E-state index contributed by atoms with van der Waals surface area (Å²) in [7, 11) is 1.76. The summed E-state index contributed by atoms with van der Waals surface area (Å²) in [4.78, 5) is 29.8. The fraction of sp³-hybridized carbons (Fsp3) is 0.316. The molecule has 1 aromatic heterocycles. The highest BCUT2D eigenvalue weighted by atomic mass is 19.1. The van der Waals surface area contributed by atoms with Gasteiger partial charge in [-0.1, -0.05) is 12.1 Å². The van der Waals surface area contributed by atoms with Crippen LogP contribution in [0, 0.1) is 11.7 Å². The normalized spacial score (nSPS) is 19.5. The molecule has 3 rings (SSSR count). The van der Waals surface area contributed by atoms with Gasteiger partial charge >= 0.3 is 0 Å². The zero-order valence-electron chi connectivity index (χ0n) is 14.4. The van der Waals surface area contributed by atoms with Crippen LogP contribution in [0.25, 0.3) is 0 Å². The summed E-state index contributed by atoms with van der Waals surface area (Å²) in [5.41, 5.74) is 0.982. The highest BCUT2D eigenvalue weighted by Gasteiger charge is 2.38. The number of amides is 2. The molecule has 0 unspecified atom stereocenters. The molecule has 1 aliphatic heterocycles. The maximum atomic E-state index is 13.5. The highest BCUT2D eigenvalue weighted by Crippen LogP contribution is 2.36. The van der Waals surface area contributed by atoms with Gasteiger partial charge in [-0.15, -0.1) is 0 Å². The van der Waals surface area contributed by atoms with Crippen LogP contribution in [0.3, 0.4) is 0 Å². The molecule has 0 saturated carbocycles. The number of carbonyl (C=O) groups excluding carboxylic acids is 2. The molecule has 1 aliphatic rings. The Balaban J connectivity index is 1.57. The predicted octanol–water partition coefficient (Wildman–Crippen LogP) is 1.94. The van der Waals surface area contributed by atoms with Crippen molar-refractivity contribution in [2.45, 2.75) is 12.5 Å². The lowest BCUT2D eigenvalue weighted by atomic mass is 9.94. The zero-order valence-corrected chi connectivity index (χ0v) is 14.4. The van der Waals surface area contributed by atoms with E-state index in [1.807, 2.05) is 12.1 Å². The number of ether oxygens (including phenoxy) is 1. The first-order valence-electron chi connectivity index (χ1n) is 8.36. The first-order valence-corrected chi connectivity index (χ1v) is 8.36. The van der Waals surface area contributed by atoms with Crippen LogP contribution in [0.5, 0.6) is 5.75 Å². The number of likely N-dealkylation sites (tertiary alicyclic amines) is 1. The number of benzene rings is 1. The fourth-order valence-corrected chi connectivity index (χ4v) is 3.19. The molecule has 2 atom stereocenters. The molecule has 2 heterocycles. The Kier molecular flexibility index (Phi) is 5.46. The minimum Gasteiger partial charge on any atom is -0.481 e. The number of pyridine rings is 1. The van der Waals surface area contributed by atoms with Crippen molar-refractivity contribution in [1.82, 2.24) is 15.2 Å². The van der Waals surface area contributed by atoms with Gasteiger partial charge in [0.15, 0.2) is 18.2 Å². The first-order chi connectivity index (χ1) is 12.6. The van der Waals surface area contributed by atoms with Crippen molar-refractivity contribution >= 4 is 11.8 Å². The van der Waals surface area contributed by atoms with Crippen LogP contribution >= 0.6 is 0 Å². The average Bonchev–Trinajstić information content (AvgIpc) is 2.94. The van der Waals surface area contributed by atoms with Crippen LogP contribution in [-0.2, 0) is 9.59 Å². The molecule has 0 radical (unpaired) electrons. The second-order valence-electron chi connectivity index (χ2n) is 6.22. The van der Waals surface area contributed by atoms with E-state index in [0.29, 0.717) is 13.0 Å². The molecule has 0 aliphatic carbocycles. The molecule has 1 aromatic carbocycles. The SMILES string of the molecule is CN1C(=O)C[C@@H](CNC(=O)COc2ccccc2F)[C@@H]1c1ccncc1. The number of halogens is 1. The van der Waals surface area contributed by atoms with Gasteiger partial charge in [0.2, 0.25) is 5.91 Å². The van der Waals surface area contributed by atoms with Crippen LogP contribution in [0.1, 0.15) is 18.0 Å². The molecule has 136 valence electrons. The summed E-state index contributed by atoms with van der Waals surface area (Å²) in [6, 6.07) is 9.55. The number of hydrogen-bond donors (Lipinski definition) is 1. The minimum atomic E-state index is -0.513. The molecule has 0 bridgehead atoms. The molecular formula is C19H20FN3O3. The number of carbonyl (C=O) groups is 2. The van der Waals surface area contributed by atoms with Gasteiger partial charge in [0.1, 0.15) is 0 Å². The van der Waals surface area contributed by atoms with Crippen LogP contribution in [-0.4, -0.2) is 41.9 Å². The summed E-state index contributed by atoms with van der Waals surface area (Å²) in [5, 5.41) is 2.77. The zero-order chi connectivity index (χ0) is 18.5. The van der Waals surface area contributed by atoms with Crippen molar-refractivity contribution in [3.63, 3.8) is 0 Å². The number of hydrogen-bond acceptors (Lipinski definition) is 4. The topological polar surface area (TPSA) is 71.5 Å². The Morgan fingerprint density at radius 3 is 2.77 bits per heavy atom. The smallest absolute Gasteiger partial charge is 0.257 e. The van der Waals surface area contributed by atoms with Gasteiger partial charge in [-0.2, -0.15) is 0 Å². The van der Waals surface area contributed by atoms with E-state index in [-0.39, 0.29) is 36.1 Å². The second-order valence-corrected chi connectivity index (χ2v) is 6.22. The second kappa shape index (κ2) is 7.95. The molecule has 1 N–H and O–H groups in total. The van der Waals surface area contributed by atoms with E-state index in [4.69, 9.17) is 4.74 Å². The quantitative estimate of drug-likeness (QED) is 0.858. The Hall–Kier alpha value is -2.96. The van der Waals surface area contributed by atoms with Crippen LogP contribution < -0.4 is 10.1 Å². The Morgan fingerprint density at radius 2 is 2.04 bits per heavy atom. The maximum Gasteiger partial charge on any atom is 0.257 e. The van der Waals surface area contributed by atoms with Gasteiger partial charge in [0.25, 0.3) is 5.91 Å². The third-order valence-corrected chi connectivity index (χ3v) is 4.50. The Morgan fingerprint density at radius 1 is 1.31 bits per heavy atom. The van der Waals surface area contributed by atoms with Gasteiger partial charge < -0.3 is 15.0 Å². The van der Waals surface area contributed by atoms with Crippen LogP contribution in [0.2, 0.25) is 0 Å². The lowest BCUT2D eigenvalue weighted by Crippen LogP contribution is -2.35. The molecule has 1 fully saturated rings. The first kappa shape index (κ1) is 17.8. The monoisotopic (exact) mass is 357 g/mol. The number of nitrogens with one attached hydrogen (secondary N) is 1. The largest absolute Gasteiger partial charge is 0.481 e. The van der Waals surface area contributed by atoms with Gasteiger partial charge in [0, 0.05) is 38.3 Å². The molecule has 0 spiro atoms. The number of para-hydroxylation sites is 1. The average molecular weight is 357 g/mol. The standard InChI is InChI=1S/C19H20FN3O3/c1-23-18(25)10-14(19(23)13-6-8-21-9-7-13)11-22-17(24)12-26-16-5-3-2-4-15(16)20/h2-9,14,19H,10-12H2,1H3,(H,22,24)/t14-,19-/m0/s1. The van der Waals surface area contributed by atoms with Gasteiger partial charge in [-0.3, -0.25) is 14.6 Å². The summed E-state index contributed by atoms with van der Waals surface area (Å²) < 4.78 is 18.7. The molecule has 6 nitrogen and oxygen atoms in total. The van der Waals surface area contributed by atoms with Gasteiger partial charge in [-0.25, -0.2) is 4.39 Å². The highest BCUT2D eigenvalue weighted by molar-refractivity contribution is 5.80. The fourth-order valence-electron chi connectivity index (χ4n) is 3.19. The van der Waals surface area contributed by atoms with Crippen molar-refractivity contribution < 1.29 is 18.7 Å². The van der Waals surface area contributed by atoms with Crippen molar-refractivity contribution in [3.05, 3.63) is 60.2 Å². The summed E-state index contributed by atoms with van der Waals surface area (Å²) in [6.45, 7) is 0.0555. The minimum absolute atomic E-state index is 0.0353. The molecule has 2 aromatic rings. The van der Waals surface area contributed by atoms with E-state index in [9.17, 15) is 14.0 Å². The number of nitrogens with zero attached hydrogens (tertiary/aromatic N) is 2. The lowest BCUT2D eigenvalue weighted by Gasteiger charge is -2.25. The van der Waals surface area contributed by atoms with Crippen molar-refractivity contribution in [2.24, 2.45) is 5.92 Å². The van der Waals surface area contributed by atoms with Gasteiger partial charge in [-0.05, 0) is 29.8 Å². The molecule has 7 heteroatoms. The van der Waals surface area contributed by atoms with Crippen molar-refractivity contribution in [3.8, 4) is 5.75 Å². The van der Waals surface area contributed by atoms with Gasteiger partial charge in [0.05, 0.1) is 6.04 Å². The lowest BCUT2D eigenvalue weighted by molar-refractivity contribution is -0.127. The third kappa shape index (κ3) is 3.99. The Bertz CT molecular complexity index is 785.